The van der Waals surface area contributed by atoms with Crippen LogP contribution < -0.4 is 10.3 Å². The number of nitrogens with zero attached hydrogens (tertiary/aromatic N) is 1. The van der Waals surface area contributed by atoms with Gasteiger partial charge >= 0.3 is 0 Å². The lowest BCUT2D eigenvalue weighted by Gasteiger charge is -2.01. The zero-order valence-electron chi connectivity index (χ0n) is 8.82. The minimum atomic E-state index is -0.200. The first-order valence-electron chi connectivity index (χ1n) is 5.01. The third-order valence-electron chi connectivity index (χ3n) is 2.11. The van der Waals surface area contributed by atoms with Gasteiger partial charge in [0.2, 0.25) is 0 Å². The number of H-pyrrole nitrogens is 1. The zero-order valence-corrected chi connectivity index (χ0v) is 9.63. The lowest BCUT2D eigenvalue weighted by Crippen LogP contribution is -2.11. The molecule has 0 unspecified atom stereocenters. The van der Waals surface area contributed by atoms with Crippen LogP contribution in [0.15, 0.2) is 10.9 Å². The second-order valence-electron chi connectivity index (χ2n) is 3.23. The second kappa shape index (κ2) is 4.63. The Kier molecular flexibility index (Phi) is 3.21. The van der Waals surface area contributed by atoms with Gasteiger partial charge in [-0.15, -0.1) is 11.3 Å². The molecular weight excluding hydrogens is 228 g/mol. The largest absolute Gasteiger partial charge is 0.462 e. The number of fused-ring (bicyclic) bond motifs is 1. The molecule has 6 heteroatoms. The Labute approximate surface area is 95.7 Å². The summed E-state index contributed by atoms with van der Waals surface area (Å²) in [5.74, 6) is 0. The Morgan fingerprint density at radius 3 is 3.12 bits per heavy atom. The standard InChI is InChI=1S/C10H12N2O3S/c1-2-6-5-7-8(14)11-10(15-4-3-13)12-9(7)16-6/h5,13H,2-4H2,1H3,(H,11,12,14). The summed E-state index contributed by atoms with van der Waals surface area (Å²) in [6, 6.07) is 2.01. The number of aromatic nitrogens is 2. The Morgan fingerprint density at radius 1 is 1.62 bits per heavy atom. The highest BCUT2D eigenvalue weighted by Crippen LogP contribution is 2.22. The van der Waals surface area contributed by atoms with Gasteiger partial charge in [0.05, 0.1) is 12.0 Å². The van der Waals surface area contributed by atoms with Gasteiger partial charge in [-0.25, -0.2) is 0 Å². The molecule has 2 heterocycles. The van der Waals surface area contributed by atoms with Crippen molar-refractivity contribution in [1.82, 2.24) is 9.97 Å². The Hall–Kier alpha value is -1.40. The molecule has 16 heavy (non-hydrogen) atoms. The lowest BCUT2D eigenvalue weighted by molar-refractivity contribution is 0.191. The van der Waals surface area contributed by atoms with Crippen molar-refractivity contribution in [3.8, 4) is 6.01 Å². The SMILES string of the molecule is CCc1cc2c(=O)[nH]c(OCCO)nc2s1. The van der Waals surface area contributed by atoms with E-state index in [0.717, 1.165) is 11.3 Å². The van der Waals surface area contributed by atoms with Crippen LogP contribution in [0.3, 0.4) is 0 Å². The van der Waals surface area contributed by atoms with Gasteiger partial charge in [-0.1, -0.05) is 6.92 Å². The number of thiophene rings is 1. The maximum atomic E-state index is 11.7. The summed E-state index contributed by atoms with van der Waals surface area (Å²) in [6.07, 6.45) is 0.882. The minimum Gasteiger partial charge on any atom is -0.462 e. The quantitative estimate of drug-likeness (QED) is 0.833. The molecule has 2 N–H and O–H groups in total. The molecule has 86 valence electrons. The normalized spacial score (nSPS) is 10.9. The number of aryl methyl sites for hydroxylation is 1. The molecule has 0 saturated carbocycles. The van der Waals surface area contributed by atoms with Crippen LogP contribution in [0.2, 0.25) is 0 Å². The highest BCUT2D eigenvalue weighted by Gasteiger charge is 2.08. The number of ether oxygens (including phenoxy) is 1. The molecule has 0 radical (unpaired) electrons. The van der Waals surface area contributed by atoms with E-state index in [1.165, 1.54) is 11.3 Å². The van der Waals surface area contributed by atoms with Crippen LogP contribution in [-0.2, 0) is 6.42 Å². The van der Waals surface area contributed by atoms with E-state index in [0.29, 0.717) is 10.2 Å². The van der Waals surface area contributed by atoms with Crippen molar-refractivity contribution in [3.05, 3.63) is 21.3 Å². The van der Waals surface area contributed by atoms with E-state index in [1.807, 2.05) is 13.0 Å². The molecule has 0 bridgehead atoms. The summed E-state index contributed by atoms with van der Waals surface area (Å²) in [4.78, 5) is 20.2. The van der Waals surface area contributed by atoms with E-state index in [2.05, 4.69) is 9.97 Å². The summed E-state index contributed by atoms with van der Waals surface area (Å²) in [5, 5.41) is 9.21. The smallest absolute Gasteiger partial charge is 0.297 e. The average molecular weight is 240 g/mol. The fraction of sp³-hybridized carbons (Fsp3) is 0.400. The zero-order chi connectivity index (χ0) is 11.5. The van der Waals surface area contributed by atoms with E-state index in [9.17, 15) is 4.79 Å². The third-order valence-corrected chi connectivity index (χ3v) is 3.28. The Bertz CT molecular complexity index is 546. The summed E-state index contributed by atoms with van der Waals surface area (Å²) < 4.78 is 5.08. The van der Waals surface area contributed by atoms with Crippen molar-refractivity contribution in [2.24, 2.45) is 0 Å². The van der Waals surface area contributed by atoms with Gasteiger partial charge in [0.1, 0.15) is 11.4 Å². The van der Waals surface area contributed by atoms with Crippen LogP contribution in [0.5, 0.6) is 6.01 Å². The molecule has 0 saturated heterocycles. The van der Waals surface area contributed by atoms with Gasteiger partial charge in [0.25, 0.3) is 11.6 Å². The van der Waals surface area contributed by atoms with Crippen molar-refractivity contribution >= 4 is 21.6 Å². The number of aromatic amines is 1. The van der Waals surface area contributed by atoms with Crippen LogP contribution in [0.25, 0.3) is 10.2 Å². The van der Waals surface area contributed by atoms with Crippen molar-refractivity contribution < 1.29 is 9.84 Å². The molecule has 5 nitrogen and oxygen atoms in total. The summed E-state index contributed by atoms with van der Waals surface area (Å²) in [6.45, 7) is 2.05. The average Bonchev–Trinajstić information content (AvgIpc) is 2.70. The minimum absolute atomic E-state index is 0.105. The van der Waals surface area contributed by atoms with E-state index in [1.54, 1.807) is 0 Å². The topological polar surface area (TPSA) is 75.2 Å². The lowest BCUT2D eigenvalue weighted by atomic mass is 10.3. The first-order chi connectivity index (χ1) is 7.74. The molecule has 0 aliphatic heterocycles. The Balaban J connectivity index is 2.45. The third kappa shape index (κ3) is 2.07. The first-order valence-corrected chi connectivity index (χ1v) is 5.82. The van der Waals surface area contributed by atoms with E-state index in [-0.39, 0.29) is 24.8 Å². The fourth-order valence-corrected chi connectivity index (χ4v) is 2.31. The van der Waals surface area contributed by atoms with Crippen molar-refractivity contribution in [1.29, 1.82) is 0 Å². The fourth-order valence-electron chi connectivity index (χ4n) is 1.35. The van der Waals surface area contributed by atoms with Gasteiger partial charge in [0, 0.05) is 4.88 Å². The number of rotatable bonds is 4. The molecule has 0 amide bonds. The Morgan fingerprint density at radius 2 is 2.44 bits per heavy atom. The van der Waals surface area contributed by atoms with Crippen LogP contribution >= 0.6 is 11.3 Å². The molecular formula is C10H12N2O3S. The number of nitrogens with one attached hydrogen (secondary N) is 1. The molecule has 0 fully saturated rings. The number of aliphatic hydroxyl groups excluding tert-OH is 1. The molecule has 0 spiro atoms. The van der Waals surface area contributed by atoms with Crippen molar-refractivity contribution in [2.45, 2.75) is 13.3 Å². The van der Waals surface area contributed by atoms with E-state index < -0.39 is 0 Å². The monoisotopic (exact) mass is 240 g/mol. The van der Waals surface area contributed by atoms with Crippen LogP contribution in [-0.4, -0.2) is 28.3 Å². The number of hydrogen-bond acceptors (Lipinski definition) is 5. The highest BCUT2D eigenvalue weighted by molar-refractivity contribution is 7.18. The van der Waals surface area contributed by atoms with Crippen molar-refractivity contribution in [3.63, 3.8) is 0 Å². The molecule has 0 aliphatic carbocycles. The first kappa shape index (κ1) is 11.1. The van der Waals surface area contributed by atoms with Crippen LogP contribution in [0.1, 0.15) is 11.8 Å². The predicted octanol–water partition coefficient (Wildman–Crippen LogP) is 0.918. The van der Waals surface area contributed by atoms with E-state index >= 15 is 0 Å². The second-order valence-corrected chi connectivity index (χ2v) is 4.34. The molecule has 2 aromatic heterocycles. The number of aliphatic hydroxyl groups is 1. The summed E-state index contributed by atoms with van der Waals surface area (Å²) in [5.41, 5.74) is -0.200. The molecule has 0 aliphatic rings. The van der Waals surface area contributed by atoms with Gasteiger partial charge in [-0.2, -0.15) is 4.98 Å². The maximum Gasteiger partial charge on any atom is 0.297 e. The molecule has 2 aromatic rings. The molecule has 0 atom stereocenters. The summed E-state index contributed by atoms with van der Waals surface area (Å²) in [7, 11) is 0. The van der Waals surface area contributed by atoms with Crippen LogP contribution in [0, 0.1) is 0 Å². The molecule has 2 rings (SSSR count). The molecule has 0 aromatic carbocycles. The van der Waals surface area contributed by atoms with Gasteiger partial charge in [-0.05, 0) is 12.5 Å². The number of hydrogen-bond donors (Lipinski definition) is 2. The van der Waals surface area contributed by atoms with E-state index in [4.69, 9.17) is 9.84 Å². The van der Waals surface area contributed by atoms with Gasteiger partial charge < -0.3 is 9.84 Å². The maximum absolute atomic E-state index is 11.7. The highest BCUT2D eigenvalue weighted by atomic mass is 32.1. The van der Waals surface area contributed by atoms with Gasteiger partial charge in [0.15, 0.2) is 0 Å². The predicted molar refractivity (Wildman–Crippen MR) is 62.2 cm³/mol. The van der Waals surface area contributed by atoms with Gasteiger partial charge in [-0.3, -0.25) is 9.78 Å². The van der Waals surface area contributed by atoms with Crippen LogP contribution in [0.4, 0.5) is 0 Å². The van der Waals surface area contributed by atoms with Crippen molar-refractivity contribution in [2.75, 3.05) is 13.2 Å². The summed E-state index contributed by atoms with van der Waals surface area (Å²) >= 11 is 1.49.